The fourth-order valence-corrected chi connectivity index (χ4v) is 3.30. The highest BCUT2D eigenvalue weighted by Gasteiger charge is 2.23. The lowest BCUT2D eigenvalue weighted by Gasteiger charge is -2.15. The molecular formula is C11H13N5O3S2. The first kappa shape index (κ1) is 14.1. The lowest BCUT2D eigenvalue weighted by molar-refractivity contribution is 0.0951. The monoisotopic (exact) mass is 327 g/mol. The summed E-state index contributed by atoms with van der Waals surface area (Å²) in [7, 11) is 1.77. The first-order valence-electron chi connectivity index (χ1n) is 6.26. The second kappa shape index (κ2) is 6.31. The van der Waals surface area contributed by atoms with E-state index in [0.29, 0.717) is 41.9 Å². The summed E-state index contributed by atoms with van der Waals surface area (Å²) in [6.45, 7) is 1.51. The van der Waals surface area contributed by atoms with Gasteiger partial charge in [0.15, 0.2) is 11.5 Å². The van der Waals surface area contributed by atoms with Gasteiger partial charge < -0.3 is 14.8 Å². The lowest BCUT2D eigenvalue weighted by atomic mass is 10.3. The maximum Gasteiger partial charge on any atom is 0.265 e. The van der Waals surface area contributed by atoms with E-state index in [4.69, 9.17) is 9.47 Å². The zero-order chi connectivity index (χ0) is 14.7. The number of tetrazole rings is 1. The van der Waals surface area contributed by atoms with Crippen LogP contribution < -0.4 is 14.8 Å². The van der Waals surface area contributed by atoms with E-state index >= 15 is 0 Å². The van der Waals surface area contributed by atoms with Crippen LogP contribution in [-0.4, -0.2) is 51.6 Å². The third-order valence-corrected chi connectivity index (χ3v) is 4.66. The second-order valence-corrected chi connectivity index (χ2v) is 6.09. The first-order chi connectivity index (χ1) is 10.3. The van der Waals surface area contributed by atoms with Crippen molar-refractivity contribution in [1.82, 2.24) is 25.5 Å². The molecule has 3 heterocycles. The van der Waals surface area contributed by atoms with Crippen LogP contribution in [-0.2, 0) is 7.05 Å². The number of hydrogen-bond donors (Lipinski definition) is 1. The maximum atomic E-state index is 12.1. The SMILES string of the molecule is Cn1nnnc1SCCNC(=O)c1scc2c1OCCO2. The van der Waals surface area contributed by atoms with E-state index in [1.807, 2.05) is 0 Å². The predicted molar refractivity (Wildman–Crippen MR) is 77.2 cm³/mol. The number of rotatable bonds is 5. The third kappa shape index (κ3) is 3.10. The fraction of sp³-hybridized carbons (Fsp3) is 0.455. The predicted octanol–water partition coefficient (Wildman–Crippen LogP) is 0.565. The van der Waals surface area contributed by atoms with Gasteiger partial charge in [-0.15, -0.1) is 16.4 Å². The molecule has 0 aromatic carbocycles. The van der Waals surface area contributed by atoms with Crippen molar-refractivity contribution >= 4 is 29.0 Å². The van der Waals surface area contributed by atoms with Crippen LogP contribution in [0.5, 0.6) is 11.5 Å². The van der Waals surface area contributed by atoms with E-state index in [-0.39, 0.29) is 5.91 Å². The molecule has 0 radical (unpaired) electrons. The number of fused-ring (bicyclic) bond motifs is 1. The Bertz CT molecular complexity index is 642. The third-order valence-electron chi connectivity index (χ3n) is 2.71. The molecule has 2 aromatic rings. The number of aryl methyl sites for hydroxylation is 1. The normalized spacial score (nSPS) is 13.2. The first-order valence-corrected chi connectivity index (χ1v) is 8.12. The minimum absolute atomic E-state index is 0.150. The number of thioether (sulfide) groups is 1. The highest BCUT2D eigenvalue weighted by molar-refractivity contribution is 7.99. The van der Waals surface area contributed by atoms with Gasteiger partial charge in [0.25, 0.3) is 5.91 Å². The Kier molecular flexibility index (Phi) is 4.25. The summed E-state index contributed by atoms with van der Waals surface area (Å²) in [5, 5.41) is 16.5. The minimum Gasteiger partial charge on any atom is -0.485 e. The van der Waals surface area contributed by atoms with Gasteiger partial charge in [0.05, 0.1) is 0 Å². The topological polar surface area (TPSA) is 91.2 Å². The molecule has 21 heavy (non-hydrogen) atoms. The molecule has 3 rings (SSSR count). The average molecular weight is 327 g/mol. The molecule has 0 saturated carbocycles. The Balaban J connectivity index is 1.50. The van der Waals surface area contributed by atoms with Gasteiger partial charge in [-0.3, -0.25) is 4.79 Å². The number of carbonyl (C=O) groups is 1. The smallest absolute Gasteiger partial charge is 0.265 e. The molecule has 0 unspecified atom stereocenters. The number of nitrogens with zero attached hydrogens (tertiary/aromatic N) is 4. The number of ether oxygens (including phenoxy) is 2. The van der Waals surface area contributed by atoms with Crippen LogP contribution in [0.4, 0.5) is 0 Å². The number of nitrogens with one attached hydrogen (secondary N) is 1. The van der Waals surface area contributed by atoms with Crippen molar-refractivity contribution in [2.24, 2.45) is 7.05 Å². The molecular weight excluding hydrogens is 314 g/mol. The van der Waals surface area contributed by atoms with Gasteiger partial charge in [-0.1, -0.05) is 11.8 Å². The Hall–Kier alpha value is -1.81. The quantitative estimate of drug-likeness (QED) is 0.634. The molecule has 1 aliphatic heterocycles. The molecule has 8 nitrogen and oxygen atoms in total. The van der Waals surface area contributed by atoms with E-state index in [2.05, 4.69) is 20.8 Å². The minimum atomic E-state index is -0.150. The van der Waals surface area contributed by atoms with Crippen molar-refractivity contribution in [2.75, 3.05) is 25.5 Å². The Labute approximate surface area is 128 Å². The highest BCUT2D eigenvalue weighted by atomic mass is 32.2. The van der Waals surface area contributed by atoms with Crippen LogP contribution in [0.3, 0.4) is 0 Å². The van der Waals surface area contributed by atoms with E-state index in [9.17, 15) is 4.79 Å². The van der Waals surface area contributed by atoms with Crippen LogP contribution in [0.15, 0.2) is 10.5 Å². The average Bonchev–Trinajstić information content (AvgIpc) is 3.10. The summed E-state index contributed by atoms with van der Waals surface area (Å²) in [5.74, 6) is 1.73. The number of carbonyl (C=O) groups excluding carboxylic acids is 1. The van der Waals surface area contributed by atoms with Gasteiger partial charge in [0, 0.05) is 24.7 Å². The standard InChI is InChI=1S/C11H13N5O3S2/c1-16-11(13-14-15-16)20-5-2-12-10(17)9-8-7(6-21-9)18-3-4-19-8/h6H,2-5H2,1H3,(H,12,17). The second-order valence-electron chi connectivity index (χ2n) is 4.14. The van der Waals surface area contributed by atoms with E-state index in [0.717, 1.165) is 5.16 Å². The molecule has 0 spiro atoms. The van der Waals surface area contributed by atoms with Gasteiger partial charge in [0.1, 0.15) is 18.1 Å². The summed E-state index contributed by atoms with van der Waals surface area (Å²) in [6.07, 6.45) is 0. The van der Waals surface area contributed by atoms with Crippen LogP contribution >= 0.6 is 23.1 Å². The molecule has 0 bridgehead atoms. The zero-order valence-corrected chi connectivity index (χ0v) is 12.9. The number of hydrogen-bond acceptors (Lipinski definition) is 8. The van der Waals surface area contributed by atoms with E-state index < -0.39 is 0 Å². The highest BCUT2D eigenvalue weighted by Crippen LogP contribution is 2.39. The van der Waals surface area contributed by atoms with Crippen molar-refractivity contribution in [3.63, 3.8) is 0 Å². The van der Waals surface area contributed by atoms with Gasteiger partial charge in [-0.2, -0.15) is 0 Å². The maximum absolute atomic E-state index is 12.1. The number of aromatic nitrogens is 4. The summed E-state index contributed by atoms with van der Waals surface area (Å²) in [5.41, 5.74) is 0. The van der Waals surface area contributed by atoms with Gasteiger partial charge >= 0.3 is 0 Å². The lowest BCUT2D eigenvalue weighted by Crippen LogP contribution is -2.26. The van der Waals surface area contributed by atoms with Crippen LogP contribution in [0.1, 0.15) is 9.67 Å². The Morgan fingerprint density at radius 1 is 1.52 bits per heavy atom. The number of amides is 1. The van der Waals surface area contributed by atoms with Crippen LogP contribution in [0, 0.1) is 0 Å². The van der Waals surface area contributed by atoms with Crippen LogP contribution in [0.2, 0.25) is 0 Å². The zero-order valence-electron chi connectivity index (χ0n) is 11.2. The summed E-state index contributed by atoms with van der Waals surface area (Å²) in [4.78, 5) is 12.7. The molecule has 1 amide bonds. The summed E-state index contributed by atoms with van der Waals surface area (Å²) < 4.78 is 12.5. The molecule has 0 saturated heterocycles. The van der Waals surface area contributed by atoms with Crippen molar-refractivity contribution in [1.29, 1.82) is 0 Å². The fourth-order valence-electron chi connectivity index (χ4n) is 1.75. The van der Waals surface area contributed by atoms with Crippen molar-refractivity contribution in [3.05, 3.63) is 10.3 Å². The molecule has 2 aromatic heterocycles. The summed E-state index contributed by atoms with van der Waals surface area (Å²) >= 11 is 2.81. The van der Waals surface area contributed by atoms with Gasteiger partial charge in [-0.05, 0) is 10.4 Å². The van der Waals surface area contributed by atoms with Crippen LogP contribution in [0.25, 0.3) is 0 Å². The van der Waals surface area contributed by atoms with Crippen molar-refractivity contribution in [2.45, 2.75) is 5.16 Å². The Morgan fingerprint density at radius 2 is 2.38 bits per heavy atom. The molecule has 1 N–H and O–H groups in total. The molecule has 0 aliphatic carbocycles. The van der Waals surface area contributed by atoms with E-state index in [1.54, 1.807) is 17.1 Å². The van der Waals surface area contributed by atoms with Crippen molar-refractivity contribution in [3.8, 4) is 11.5 Å². The molecule has 10 heteroatoms. The van der Waals surface area contributed by atoms with Crippen molar-refractivity contribution < 1.29 is 14.3 Å². The van der Waals surface area contributed by atoms with E-state index in [1.165, 1.54) is 23.1 Å². The number of thiophene rings is 1. The molecule has 112 valence electrons. The molecule has 1 aliphatic rings. The Morgan fingerprint density at radius 3 is 3.19 bits per heavy atom. The molecule has 0 fully saturated rings. The van der Waals surface area contributed by atoms with Gasteiger partial charge in [-0.25, -0.2) is 4.68 Å². The largest absolute Gasteiger partial charge is 0.485 e. The molecule has 0 atom stereocenters. The summed E-state index contributed by atoms with van der Waals surface area (Å²) in [6, 6.07) is 0. The van der Waals surface area contributed by atoms with Gasteiger partial charge in [0.2, 0.25) is 5.16 Å².